The number of carbonyl (C=O) groups is 1. The number of rotatable bonds is 6. The second-order valence-corrected chi connectivity index (χ2v) is 7.49. The molecule has 1 aliphatic carbocycles. The third kappa shape index (κ3) is 6.91. The minimum atomic E-state index is 0. The molecule has 0 aromatic heterocycles. The highest BCUT2D eigenvalue weighted by Crippen LogP contribution is 2.31. The maximum Gasteiger partial charge on any atom is 0.223 e. The highest BCUT2D eigenvalue weighted by molar-refractivity contribution is 5.85. The summed E-state index contributed by atoms with van der Waals surface area (Å²) < 4.78 is 5.60. The van der Waals surface area contributed by atoms with Crippen molar-refractivity contribution in [3.8, 4) is 0 Å². The van der Waals surface area contributed by atoms with Gasteiger partial charge in [0.2, 0.25) is 5.91 Å². The Labute approximate surface area is 175 Å². The number of nitrogens with one attached hydrogen (secondary N) is 1. The summed E-state index contributed by atoms with van der Waals surface area (Å²) in [4.78, 5) is 14.9. The molecule has 1 aliphatic heterocycles. The smallest absolute Gasteiger partial charge is 0.223 e. The molecule has 1 aromatic rings. The van der Waals surface area contributed by atoms with Crippen LogP contribution in [-0.2, 0) is 22.6 Å². The Balaban J connectivity index is 0.00000182. The van der Waals surface area contributed by atoms with Crippen LogP contribution in [-0.4, -0.2) is 43.2 Å². The van der Waals surface area contributed by atoms with Crippen molar-refractivity contribution >= 4 is 30.7 Å². The first-order valence-corrected chi connectivity index (χ1v) is 9.55. The molecule has 5 nitrogen and oxygen atoms in total. The first kappa shape index (κ1) is 24.2. The Hall–Kier alpha value is -0.850. The Morgan fingerprint density at radius 2 is 2.07 bits per heavy atom. The molecular formula is C20H33Cl2N3O2. The molecule has 3 atom stereocenters. The average molecular weight is 418 g/mol. The fourth-order valence-corrected chi connectivity index (χ4v) is 4.11. The number of nitrogens with two attached hydrogens (primary N) is 1. The number of carbonyl (C=O) groups excluding carboxylic acids is 1. The maximum absolute atomic E-state index is 12.4. The summed E-state index contributed by atoms with van der Waals surface area (Å²) in [7, 11) is 0. The van der Waals surface area contributed by atoms with E-state index in [0.717, 1.165) is 51.1 Å². The topological polar surface area (TPSA) is 67.6 Å². The van der Waals surface area contributed by atoms with Crippen LogP contribution in [0, 0.1) is 11.8 Å². The van der Waals surface area contributed by atoms with E-state index in [1.807, 2.05) is 0 Å². The lowest BCUT2D eigenvalue weighted by molar-refractivity contribution is -0.126. The molecule has 1 amide bonds. The molecule has 154 valence electrons. The van der Waals surface area contributed by atoms with Crippen LogP contribution in [0.15, 0.2) is 24.3 Å². The third-order valence-electron chi connectivity index (χ3n) is 5.49. The number of benzene rings is 1. The first-order valence-electron chi connectivity index (χ1n) is 9.55. The van der Waals surface area contributed by atoms with Crippen molar-refractivity contribution in [3.63, 3.8) is 0 Å². The fraction of sp³-hybridized carbons (Fsp3) is 0.650. The number of nitrogens with zero attached hydrogens (tertiary/aromatic N) is 1. The Morgan fingerprint density at radius 3 is 2.81 bits per heavy atom. The maximum atomic E-state index is 12.4. The van der Waals surface area contributed by atoms with Gasteiger partial charge in [-0.25, -0.2) is 0 Å². The standard InChI is InChI=1S/C20H31N3O2.2ClH/c1-15-13-23(8-9-25-15)14-17-5-2-4-16(10-17)12-22-20(24)19-7-3-6-18(19)11-21;;/h2,4-5,10,15,18-19H,3,6-9,11-14,21H2,1H3,(H,22,24);2*1H/t15?,18-,19-;;/m1../s1. The van der Waals surface area contributed by atoms with Gasteiger partial charge in [0.05, 0.1) is 12.7 Å². The number of hydrogen-bond acceptors (Lipinski definition) is 4. The van der Waals surface area contributed by atoms with Gasteiger partial charge < -0.3 is 15.8 Å². The van der Waals surface area contributed by atoms with Crippen LogP contribution in [0.25, 0.3) is 0 Å². The fourth-order valence-electron chi connectivity index (χ4n) is 4.11. The van der Waals surface area contributed by atoms with Crippen LogP contribution in [0.3, 0.4) is 0 Å². The van der Waals surface area contributed by atoms with Crippen LogP contribution in [0.5, 0.6) is 0 Å². The van der Waals surface area contributed by atoms with Gasteiger partial charge >= 0.3 is 0 Å². The minimum absolute atomic E-state index is 0. The van der Waals surface area contributed by atoms with Crippen molar-refractivity contribution in [2.24, 2.45) is 17.6 Å². The van der Waals surface area contributed by atoms with E-state index in [2.05, 4.69) is 41.4 Å². The highest BCUT2D eigenvalue weighted by Gasteiger charge is 2.31. The van der Waals surface area contributed by atoms with E-state index < -0.39 is 0 Å². The zero-order valence-corrected chi connectivity index (χ0v) is 17.7. The van der Waals surface area contributed by atoms with Crippen molar-refractivity contribution in [2.75, 3.05) is 26.2 Å². The Kier molecular flexibility index (Phi) is 10.6. The molecular weight excluding hydrogens is 385 g/mol. The normalized spacial score (nSPS) is 25.3. The summed E-state index contributed by atoms with van der Waals surface area (Å²) in [6, 6.07) is 8.53. The number of hydrogen-bond donors (Lipinski definition) is 2. The van der Waals surface area contributed by atoms with E-state index in [0.29, 0.717) is 25.1 Å². The summed E-state index contributed by atoms with van der Waals surface area (Å²) >= 11 is 0. The predicted molar refractivity (Wildman–Crippen MR) is 113 cm³/mol. The first-order chi connectivity index (χ1) is 12.2. The van der Waals surface area contributed by atoms with Crippen molar-refractivity contribution < 1.29 is 9.53 Å². The highest BCUT2D eigenvalue weighted by atomic mass is 35.5. The summed E-state index contributed by atoms with van der Waals surface area (Å²) in [5, 5.41) is 3.12. The zero-order valence-electron chi connectivity index (χ0n) is 16.1. The van der Waals surface area contributed by atoms with Gasteiger partial charge in [0, 0.05) is 32.1 Å². The van der Waals surface area contributed by atoms with Crippen LogP contribution >= 0.6 is 24.8 Å². The molecule has 1 heterocycles. The predicted octanol–water partition coefficient (Wildman–Crippen LogP) is 2.74. The van der Waals surface area contributed by atoms with Gasteiger partial charge in [0.25, 0.3) is 0 Å². The van der Waals surface area contributed by atoms with Crippen LogP contribution < -0.4 is 11.1 Å². The van der Waals surface area contributed by atoms with E-state index in [-0.39, 0.29) is 36.6 Å². The van der Waals surface area contributed by atoms with Gasteiger partial charge in [-0.3, -0.25) is 9.69 Å². The average Bonchev–Trinajstić information content (AvgIpc) is 3.09. The van der Waals surface area contributed by atoms with E-state index in [1.165, 1.54) is 5.56 Å². The summed E-state index contributed by atoms with van der Waals surface area (Å²) in [5.74, 6) is 0.623. The summed E-state index contributed by atoms with van der Waals surface area (Å²) in [5.41, 5.74) is 8.25. The SMILES string of the molecule is CC1CN(Cc2cccc(CNC(=O)[C@@H]3CCC[C@@H]3CN)c2)CCO1.Cl.Cl. The third-order valence-corrected chi connectivity index (χ3v) is 5.49. The molecule has 0 radical (unpaired) electrons. The van der Waals surface area contributed by atoms with Crippen molar-refractivity contribution in [1.82, 2.24) is 10.2 Å². The Bertz CT molecular complexity index is 588. The monoisotopic (exact) mass is 417 g/mol. The van der Waals surface area contributed by atoms with Gasteiger partial charge in [0.1, 0.15) is 0 Å². The molecule has 1 saturated heterocycles. The van der Waals surface area contributed by atoms with E-state index in [1.54, 1.807) is 0 Å². The molecule has 3 N–H and O–H groups in total. The van der Waals surface area contributed by atoms with Crippen molar-refractivity contribution in [2.45, 2.75) is 45.4 Å². The van der Waals surface area contributed by atoms with E-state index >= 15 is 0 Å². The molecule has 3 rings (SSSR count). The number of ether oxygens (including phenoxy) is 1. The quantitative estimate of drug-likeness (QED) is 0.746. The van der Waals surface area contributed by atoms with Crippen LogP contribution in [0.2, 0.25) is 0 Å². The second kappa shape index (κ2) is 11.9. The molecule has 0 bridgehead atoms. The summed E-state index contributed by atoms with van der Waals surface area (Å²) in [6.07, 6.45) is 3.48. The van der Waals surface area contributed by atoms with Crippen LogP contribution in [0.1, 0.15) is 37.3 Å². The van der Waals surface area contributed by atoms with Gasteiger partial charge in [0.15, 0.2) is 0 Å². The van der Waals surface area contributed by atoms with Gasteiger partial charge in [-0.2, -0.15) is 0 Å². The van der Waals surface area contributed by atoms with Crippen LogP contribution in [0.4, 0.5) is 0 Å². The zero-order chi connectivity index (χ0) is 17.6. The molecule has 27 heavy (non-hydrogen) atoms. The van der Waals surface area contributed by atoms with E-state index in [9.17, 15) is 4.79 Å². The number of halogens is 2. The van der Waals surface area contributed by atoms with Crippen molar-refractivity contribution in [1.29, 1.82) is 0 Å². The largest absolute Gasteiger partial charge is 0.376 e. The Morgan fingerprint density at radius 1 is 1.30 bits per heavy atom. The van der Waals surface area contributed by atoms with E-state index in [4.69, 9.17) is 10.5 Å². The molecule has 2 fully saturated rings. The second-order valence-electron chi connectivity index (χ2n) is 7.49. The van der Waals surface area contributed by atoms with Gasteiger partial charge in [-0.15, -0.1) is 24.8 Å². The van der Waals surface area contributed by atoms with Crippen molar-refractivity contribution in [3.05, 3.63) is 35.4 Å². The number of morpholine rings is 1. The molecule has 1 saturated carbocycles. The molecule has 1 aromatic carbocycles. The van der Waals surface area contributed by atoms with Gasteiger partial charge in [-0.05, 0) is 43.4 Å². The lowest BCUT2D eigenvalue weighted by Crippen LogP contribution is -2.40. The summed E-state index contributed by atoms with van der Waals surface area (Å²) in [6.45, 7) is 7.03. The molecule has 7 heteroatoms. The number of amides is 1. The molecule has 2 aliphatic rings. The minimum Gasteiger partial charge on any atom is -0.376 e. The molecule has 0 spiro atoms. The molecule has 1 unspecified atom stereocenters. The lowest BCUT2D eigenvalue weighted by atomic mass is 9.95. The van der Waals surface area contributed by atoms with Gasteiger partial charge in [-0.1, -0.05) is 30.7 Å². The lowest BCUT2D eigenvalue weighted by Gasteiger charge is -2.31.